The maximum atomic E-state index is 11.9. The van der Waals surface area contributed by atoms with Gasteiger partial charge in [-0.2, -0.15) is 5.10 Å². The van der Waals surface area contributed by atoms with Crippen LogP contribution < -0.4 is 15.5 Å². The first-order valence-corrected chi connectivity index (χ1v) is 9.82. The monoisotopic (exact) mass is 385 g/mol. The van der Waals surface area contributed by atoms with Gasteiger partial charge >= 0.3 is 0 Å². The van der Waals surface area contributed by atoms with Crippen molar-refractivity contribution in [1.82, 2.24) is 5.43 Å². The summed E-state index contributed by atoms with van der Waals surface area (Å²) >= 11 is 1.66. The van der Waals surface area contributed by atoms with E-state index < -0.39 is 0 Å². The van der Waals surface area contributed by atoms with Gasteiger partial charge in [0.1, 0.15) is 5.75 Å². The van der Waals surface area contributed by atoms with E-state index in [1.54, 1.807) is 42.2 Å². The molecule has 0 heterocycles. The third-order valence-corrected chi connectivity index (χ3v) is 4.29. The number of thioether (sulfide) groups is 1. The van der Waals surface area contributed by atoms with E-state index in [9.17, 15) is 9.59 Å². The number of nitrogens with one attached hydrogen (secondary N) is 2. The lowest BCUT2D eigenvalue weighted by atomic mass is 10.2. The second-order valence-electron chi connectivity index (χ2n) is 5.57. The summed E-state index contributed by atoms with van der Waals surface area (Å²) in [6.07, 6.45) is 3.72. The van der Waals surface area contributed by atoms with E-state index in [4.69, 9.17) is 4.74 Å². The number of anilines is 1. The highest BCUT2D eigenvalue weighted by molar-refractivity contribution is 7.98. The Morgan fingerprint density at radius 3 is 2.33 bits per heavy atom. The number of carbonyl (C=O) groups excluding carboxylic acids is 2. The summed E-state index contributed by atoms with van der Waals surface area (Å²) in [5, 5.41) is 6.65. The molecule has 27 heavy (non-hydrogen) atoms. The molecular formula is C20H23N3O3S. The van der Waals surface area contributed by atoms with E-state index in [1.807, 2.05) is 37.4 Å². The van der Waals surface area contributed by atoms with Gasteiger partial charge in [0.2, 0.25) is 11.8 Å². The van der Waals surface area contributed by atoms with Gasteiger partial charge in [-0.05, 0) is 55.1 Å². The van der Waals surface area contributed by atoms with Gasteiger partial charge in [-0.3, -0.25) is 9.59 Å². The highest BCUT2D eigenvalue weighted by atomic mass is 32.2. The quantitative estimate of drug-likeness (QED) is 0.392. The average molecular weight is 385 g/mol. The summed E-state index contributed by atoms with van der Waals surface area (Å²) in [4.78, 5) is 24.9. The van der Waals surface area contributed by atoms with Crippen LogP contribution in [0, 0.1) is 0 Å². The molecule has 2 rings (SSSR count). The first kappa shape index (κ1) is 20.5. The SMILES string of the molecule is CCOc1ccc(NC(=O)CCC(=O)NN=Cc2ccc(SC)cc2)cc1. The summed E-state index contributed by atoms with van der Waals surface area (Å²) in [7, 11) is 0. The minimum atomic E-state index is -0.311. The van der Waals surface area contributed by atoms with Crippen LogP contribution in [0.1, 0.15) is 25.3 Å². The van der Waals surface area contributed by atoms with Crippen LogP contribution in [0.2, 0.25) is 0 Å². The normalized spacial score (nSPS) is 10.6. The highest BCUT2D eigenvalue weighted by Gasteiger charge is 2.07. The number of hydrazone groups is 1. The van der Waals surface area contributed by atoms with Gasteiger partial charge in [-0.1, -0.05) is 12.1 Å². The predicted molar refractivity (Wildman–Crippen MR) is 109 cm³/mol. The van der Waals surface area contributed by atoms with Gasteiger partial charge in [0.25, 0.3) is 0 Å². The first-order valence-electron chi connectivity index (χ1n) is 8.59. The highest BCUT2D eigenvalue weighted by Crippen LogP contribution is 2.16. The zero-order valence-corrected chi connectivity index (χ0v) is 16.2. The topological polar surface area (TPSA) is 79.8 Å². The zero-order chi connectivity index (χ0) is 19.5. The Hall–Kier alpha value is -2.80. The van der Waals surface area contributed by atoms with Gasteiger partial charge in [0, 0.05) is 23.4 Å². The van der Waals surface area contributed by atoms with E-state index >= 15 is 0 Å². The molecule has 0 fully saturated rings. The van der Waals surface area contributed by atoms with Gasteiger partial charge in [-0.25, -0.2) is 5.43 Å². The average Bonchev–Trinajstić information content (AvgIpc) is 2.69. The zero-order valence-electron chi connectivity index (χ0n) is 15.4. The van der Waals surface area contributed by atoms with Crippen LogP contribution in [-0.2, 0) is 9.59 Å². The van der Waals surface area contributed by atoms with Crippen molar-refractivity contribution in [3.8, 4) is 5.75 Å². The fraction of sp³-hybridized carbons (Fsp3) is 0.250. The summed E-state index contributed by atoms with van der Waals surface area (Å²) in [6, 6.07) is 14.9. The second-order valence-corrected chi connectivity index (χ2v) is 6.45. The Kier molecular flexibility index (Phi) is 8.38. The fourth-order valence-corrected chi connectivity index (χ4v) is 2.58. The number of nitrogens with zero attached hydrogens (tertiary/aromatic N) is 1. The molecule has 2 aromatic rings. The summed E-state index contributed by atoms with van der Waals surface area (Å²) in [5.74, 6) is 0.204. The Bertz CT molecular complexity index is 774. The molecule has 6 nitrogen and oxygen atoms in total. The Balaban J connectivity index is 1.70. The summed E-state index contributed by atoms with van der Waals surface area (Å²) in [6.45, 7) is 2.50. The van der Waals surface area contributed by atoms with Crippen molar-refractivity contribution in [2.24, 2.45) is 5.10 Å². The number of amides is 2. The van der Waals surface area contributed by atoms with Crippen LogP contribution in [0.4, 0.5) is 5.69 Å². The minimum Gasteiger partial charge on any atom is -0.494 e. The van der Waals surface area contributed by atoms with Crippen LogP contribution in [0.3, 0.4) is 0 Å². The van der Waals surface area contributed by atoms with Crippen molar-refractivity contribution in [3.63, 3.8) is 0 Å². The molecule has 0 bridgehead atoms. The molecule has 0 aliphatic heterocycles. The van der Waals surface area contributed by atoms with E-state index in [0.29, 0.717) is 12.3 Å². The smallest absolute Gasteiger partial charge is 0.240 e. The molecule has 0 unspecified atom stereocenters. The number of hydrogen-bond donors (Lipinski definition) is 2. The Morgan fingerprint density at radius 1 is 1.04 bits per heavy atom. The van der Waals surface area contributed by atoms with Crippen molar-refractivity contribution in [2.75, 3.05) is 18.2 Å². The predicted octanol–water partition coefficient (Wildman–Crippen LogP) is 3.68. The largest absolute Gasteiger partial charge is 0.494 e. The van der Waals surface area contributed by atoms with E-state index in [1.165, 1.54) is 0 Å². The van der Waals surface area contributed by atoms with E-state index in [2.05, 4.69) is 15.8 Å². The maximum absolute atomic E-state index is 11.9. The van der Waals surface area contributed by atoms with Crippen molar-refractivity contribution in [1.29, 1.82) is 0 Å². The van der Waals surface area contributed by atoms with Crippen LogP contribution >= 0.6 is 11.8 Å². The fourth-order valence-electron chi connectivity index (χ4n) is 2.18. The second kappa shape index (κ2) is 11.0. The van der Waals surface area contributed by atoms with Crippen LogP contribution in [-0.4, -0.2) is 30.9 Å². The Labute approximate surface area is 163 Å². The third-order valence-electron chi connectivity index (χ3n) is 3.55. The van der Waals surface area contributed by atoms with E-state index in [-0.39, 0.29) is 24.7 Å². The van der Waals surface area contributed by atoms with Crippen LogP contribution in [0.25, 0.3) is 0 Å². The molecule has 0 aliphatic carbocycles. The number of rotatable bonds is 9. The molecule has 7 heteroatoms. The molecule has 0 radical (unpaired) electrons. The van der Waals surface area contributed by atoms with Crippen molar-refractivity contribution in [3.05, 3.63) is 54.1 Å². The van der Waals surface area contributed by atoms with E-state index in [0.717, 1.165) is 16.2 Å². The lowest BCUT2D eigenvalue weighted by Crippen LogP contribution is -2.20. The minimum absolute atomic E-state index is 0.0611. The van der Waals surface area contributed by atoms with Crippen molar-refractivity contribution < 1.29 is 14.3 Å². The van der Waals surface area contributed by atoms with Crippen LogP contribution in [0.15, 0.2) is 58.5 Å². The molecule has 142 valence electrons. The number of benzene rings is 2. The molecule has 0 atom stereocenters. The summed E-state index contributed by atoms with van der Waals surface area (Å²) in [5.41, 5.74) is 3.98. The third kappa shape index (κ3) is 7.53. The molecular weight excluding hydrogens is 362 g/mol. The number of hydrogen-bond acceptors (Lipinski definition) is 5. The lowest BCUT2D eigenvalue weighted by Gasteiger charge is -2.07. The van der Waals surface area contributed by atoms with Gasteiger partial charge in [-0.15, -0.1) is 11.8 Å². The Morgan fingerprint density at radius 2 is 1.70 bits per heavy atom. The molecule has 0 aromatic heterocycles. The maximum Gasteiger partial charge on any atom is 0.240 e. The molecule has 0 aliphatic rings. The molecule has 0 saturated carbocycles. The molecule has 2 aromatic carbocycles. The van der Waals surface area contributed by atoms with Gasteiger partial charge in [0.05, 0.1) is 12.8 Å². The molecule has 0 spiro atoms. The summed E-state index contributed by atoms with van der Waals surface area (Å²) < 4.78 is 5.35. The molecule has 2 N–H and O–H groups in total. The molecule has 2 amide bonds. The van der Waals surface area contributed by atoms with Crippen LogP contribution in [0.5, 0.6) is 5.75 Å². The standard InChI is InChI=1S/C20H23N3O3S/c1-3-26-17-8-6-16(7-9-17)22-19(24)12-13-20(25)23-21-14-15-4-10-18(27-2)11-5-15/h4-11,14H,3,12-13H2,1-2H3,(H,22,24)(H,23,25). The van der Waals surface area contributed by atoms with Gasteiger partial charge in [0.15, 0.2) is 0 Å². The van der Waals surface area contributed by atoms with Crippen molar-refractivity contribution >= 4 is 35.5 Å². The van der Waals surface area contributed by atoms with Gasteiger partial charge < -0.3 is 10.1 Å². The number of carbonyl (C=O) groups is 2. The number of ether oxygens (including phenoxy) is 1. The van der Waals surface area contributed by atoms with Crippen molar-refractivity contribution in [2.45, 2.75) is 24.7 Å². The lowest BCUT2D eigenvalue weighted by molar-refractivity contribution is -0.124. The first-order chi connectivity index (χ1) is 13.1. The molecule has 0 saturated heterocycles.